The van der Waals surface area contributed by atoms with Crippen LogP contribution in [0.3, 0.4) is 0 Å². The fourth-order valence-electron chi connectivity index (χ4n) is 3.92. The lowest BCUT2D eigenvalue weighted by molar-refractivity contribution is -0.192. The van der Waals surface area contributed by atoms with Gasteiger partial charge in [0, 0.05) is 31.9 Å². The molecule has 2 aliphatic heterocycles. The van der Waals surface area contributed by atoms with Crippen molar-refractivity contribution >= 4 is 11.9 Å². The molecule has 29 heavy (non-hydrogen) atoms. The molecule has 0 saturated carbocycles. The van der Waals surface area contributed by atoms with E-state index in [0.29, 0.717) is 0 Å². The second-order valence-corrected chi connectivity index (χ2v) is 7.54. The van der Waals surface area contributed by atoms with Crippen LogP contribution in [0.1, 0.15) is 42.5 Å². The van der Waals surface area contributed by atoms with Gasteiger partial charge in [-0.3, -0.25) is 9.59 Å². The minimum absolute atomic E-state index is 0.116. The summed E-state index contributed by atoms with van der Waals surface area (Å²) in [5, 5.41) is 7.12. The van der Waals surface area contributed by atoms with Gasteiger partial charge in [0.1, 0.15) is 5.56 Å². The van der Waals surface area contributed by atoms with Crippen LogP contribution >= 0.6 is 0 Å². The molecule has 10 heteroatoms. The Kier molecular flexibility index (Phi) is 7.10. The molecular formula is C19H26F3N3O4. The van der Waals surface area contributed by atoms with Crippen molar-refractivity contribution in [2.24, 2.45) is 7.05 Å². The number of nitrogens with zero attached hydrogens (tertiary/aromatic N) is 3. The molecule has 1 aromatic heterocycles. The number of piperidine rings is 2. The van der Waals surface area contributed by atoms with E-state index >= 15 is 0 Å². The van der Waals surface area contributed by atoms with Crippen LogP contribution in [0.15, 0.2) is 23.1 Å². The smallest absolute Gasteiger partial charge is 0.475 e. The summed E-state index contributed by atoms with van der Waals surface area (Å²) in [6.07, 6.45) is 2.43. The van der Waals surface area contributed by atoms with Crippen LogP contribution in [0.4, 0.5) is 13.2 Å². The molecule has 3 rings (SSSR count). The molecule has 2 saturated heterocycles. The van der Waals surface area contributed by atoms with E-state index in [0.717, 1.165) is 32.5 Å². The molecule has 1 aromatic rings. The van der Waals surface area contributed by atoms with E-state index in [4.69, 9.17) is 9.90 Å². The summed E-state index contributed by atoms with van der Waals surface area (Å²) in [6, 6.07) is 3.40. The van der Waals surface area contributed by atoms with Crippen LogP contribution in [0, 0.1) is 0 Å². The predicted molar refractivity (Wildman–Crippen MR) is 99.7 cm³/mol. The first kappa shape index (κ1) is 22.9. The summed E-state index contributed by atoms with van der Waals surface area (Å²) in [7, 11) is 3.89. The molecule has 1 N–H and O–H groups in total. The zero-order valence-corrected chi connectivity index (χ0v) is 16.5. The number of amides is 1. The molecule has 7 nitrogen and oxygen atoms in total. The summed E-state index contributed by atoms with van der Waals surface area (Å²) >= 11 is 0. The van der Waals surface area contributed by atoms with Gasteiger partial charge in [-0.25, -0.2) is 4.79 Å². The number of hydrogen-bond donors (Lipinski definition) is 1. The number of aliphatic carboxylic acids is 1. The zero-order chi connectivity index (χ0) is 21.8. The van der Waals surface area contributed by atoms with Gasteiger partial charge in [-0.15, -0.1) is 0 Å². The van der Waals surface area contributed by atoms with Crippen LogP contribution in [-0.2, 0) is 11.8 Å². The van der Waals surface area contributed by atoms with E-state index in [1.165, 1.54) is 23.8 Å². The Morgan fingerprint density at radius 1 is 1.07 bits per heavy atom. The number of carbonyl (C=O) groups excluding carboxylic acids is 1. The number of carboxylic acid groups (broad SMARTS) is 1. The van der Waals surface area contributed by atoms with Crippen LogP contribution < -0.4 is 5.56 Å². The standard InChI is InChI=1S/C17H25N3O2.C2HF3O2/c1-18-10-5-6-14(15(18)21)16(22)20-12-8-17(9-13-20)7-3-4-11-19(17)2;3-2(4,5)1(6)7/h5-6,10H,3-4,7-9,11-13H2,1-2H3;(H,6,7). The number of aromatic nitrogens is 1. The second kappa shape index (κ2) is 8.98. The first-order chi connectivity index (χ1) is 13.5. The third-order valence-corrected chi connectivity index (χ3v) is 5.77. The second-order valence-electron chi connectivity index (χ2n) is 7.54. The summed E-state index contributed by atoms with van der Waals surface area (Å²) in [5.74, 6) is -2.87. The Hall–Kier alpha value is -2.36. The Bertz CT molecular complexity index is 799. The van der Waals surface area contributed by atoms with Crippen molar-refractivity contribution in [3.05, 3.63) is 34.2 Å². The third kappa shape index (κ3) is 5.37. The summed E-state index contributed by atoms with van der Waals surface area (Å²) in [4.78, 5) is 38.0. The lowest BCUT2D eigenvalue weighted by Crippen LogP contribution is -2.57. The molecule has 0 atom stereocenters. The van der Waals surface area contributed by atoms with Gasteiger partial charge >= 0.3 is 12.1 Å². The molecule has 0 radical (unpaired) electrons. The fourth-order valence-corrected chi connectivity index (χ4v) is 3.92. The molecule has 0 bridgehead atoms. The third-order valence-electron chi connectivity index (χ3n) is 5.77. The highest BCUT2D eigenvalue weighted by molar-refractivity contribution is 5.93. The van der Waals surface area contributed by atoms with E-state index in [2.05, 4.69) is 11.9 Å². The van der Waals surface area contributed by atoms with Gasteiger partial charge in [-0.05, 0) is 51.4 Å². The number of alkyl halides is 3. The van der Waals surface area contributed by atoms with Crippen molar-refractivity contribution in [3.63, 3.8) is 0 Å². The van der Waals surface area contributed by atoms with Gasteiger partial charge in [0.2, 0.25) is 0 Å². The number of carbonyl (C=O) groups is 2. The summed E-state index contributed by atoms with van der Waals surface area (Å²) < 4.78 is 33.2. The molecule has 2 fully saturated rings. The lowest BCUT2D eigenvalue weighted by atomic mass is 9.79. The van der Waals surface area contributed by atoms with Crippen LogP contribution in [0.25, 0.3) is 0 Å². The number of carboxylic acids is 1. The van der Waals surface area contributed by atoms with Gasteiger partial charge in [0.05, 0.1) is 0 Å². The normalized spacial score (nSPS) is 19.4. The first-order valence-corrected chi connectivity index (χ1v) is 9.44. The molecule has 2 aliphatic rings. The largest absolute Gasteiger partial charge is 0.490 e. The van der Waals surface area contributed by atoms with E-state index < -0.39 is 12.1 Å². The Morgan fingerprint density at radius 2 is 1.66 bits per heavy atom. The van der Waals surface area contributed by atoms with Gasteiger partial charge in [0.25, 0.3) is 11.5 Å². The number of halogens is 3. The molecule has 3 heterocycles. The van der Waals surface area contributed by atoms with E-state index in [-0.39, 0.29) is 22.6 Å². The van der Waals surface area contributed by atoms with Crippen molar-refractivity contribution in [1.82, 2.24) is 14.4 Å². The SMILES string of the molecule is CN1CCCCC12CCN(C(=O)c1cccn(C)c1=O)CC2.O=C(O)C(F)(F)F. The Morgan fingerprint density at radius 3 is 2.17 bits per heavy atom. The highest BCUT2D eigenvalue weighted by Gasteiger charge is 2.40. The van der Waals surface area contributed by atoms with E-state index in [1.54, 1.807) is 25.4 Å². The molecule has 0 unspecified atom stereocenters. The predicted octanol–water partition coefficient (Wildman–Crippen LogP) is 2.11. The molecule has 1 spiro atoms. The highest BCUT2D eigenvalue weighted by atomic mass is 19.4. The minimum Gasteiger partial charge on any atom is -0.475 e. The quantitative estimate of drug-likeness (QED) is 0.757. The highest BCUT2D eigenvalue weighted by Crippen LogP contribution is 2.36. The van der Waals surface area contributed by atoms with Crippen molar-refractivity contribution in [1.29, 1.82) is 0 Å². The average molecular weight is 417 g/mol. The van der Waals surface area contributed by atoms with Crippen LogP contribution in [-0.4, -0.2) is 69.7 Å². The molecule has 1 amide bonds. The number of pyridine rings is 1. The summed E-state index contributed by atoms with van der Waals surface area (Å²) in [6.45, 7) is 2.66. The fraction of sp³-hybridized carbons (Fsp3) is 0.632. The van der Waals surface area contributed by atoms with Crippen molar-refractivity contribution < 1.29 is 27.9 Å². The molecular weight excluding hydrogens is 391 g/mol. The molecule has 0 aromatic carbocycles. The zero-order valence-electron chi connectivity index (χ0n) is 16.5. The number of aryl methyl sites for hydroxylation is 1. The molecule has 0 aliphatic carbocycles. The van der Waals surface area contributed by atoms with Gasteiger partial charge in [0.15, 0.2) is 0 Å². The monoisotopic (exact) mass is 417 g/mol. The topological polar surface area (TPSA) is 82.8 Å². The minimum atomic E-state index is -5.08. The Labute approximate surface area is 166 Å². The van der Waals surface area contributed by atoms with Gasteiger partial charge in [-0.1, -0.05) is 6.42 Å². The molecule has 162 valence electrons. The maximum atomic E-state index is 12.6. The number of hydrogen-bond acceptors (Lipinski definition) is 4. The maximum absolute atomic E-state index is 12.6. The van der Waals surface area contributed by atoms with Crippen molar-refractivity contribution in [2.75, 3.05) is 26.7 Å². The first-order valence-electron chi connectivity index (χ1n) is 9.44. The van der Waals surface area contributed by atoms with Crippen molar-refractivity contribution in [2.45, 2.75) is 43.8 Å². The van der Waals surface area contributed by atoms with Crippen molar-refractivity contribution in [3.8, 4) is 0 Å². The van der Waals surface area contributed by atoms with Gasteiger partial charge in [-0.2, -0.15) is 13.2 Å². The maximum Gasteiger partial charge on any atom is 0.490 e. The van der Waals surface area contributed by atoms with Crippen LogP contribution in [0.2, 0.25) is 0 Å². The summed E-state index contributed by atoms with van der Waals surface area (Å²) in [5.41, 5.74) is 0.358. The number of likely N-dealkylation sites (tertiary alicyclic amines) is 2. The lowest BCUT2D eigenvalue weighted by Gasteiger charge is -2.50. The van der Waals surface area contributed by atoms with E-state index in [9.17, 15) is 22.8 Å². The average Bonchev–Trinajstić information content (AvgIpc) is 2.66. The number of rotatable bonds is 1. The van der Waals surface area contributed by atoms with Gasteiger partial charge < -0.3 is 19.5 Å². The Balaban J connectivity index is 0.000000370. The van der Waals surface area contributed by atoms with E-state index in [1.807, 2.05) is 4.90 Å². The van der Waals surface area contributed by atoms with Crippen LogP contribution in [0.5, 0.6) is 0 Å².